The largest absolute Gasteiger partial charge is 0.461 e. The van der Waals surface area contributed by atoms with Crippen molar-refractivity contribution in [3.05, 3.63) is 71.8 Å². The van der Waals surface area contributed by atoms with Crippen molar-refractivity contribution in [2.45, 2.75) is 75.2 Å². The smallest absolute Gasteiger partial charge is 0.338 e. The fourth-order valence-corrected chi connectivity index (χ4v) is 6.50. The molecule has 0 aromatic heterocycles. The van der Waals surface area contributed by atoms with Crippen LogP contribution in [0.25, 0.3) is 0 Å². The molecule has 5 rings (SSSR count). The van der Waals surface area contributed by atoms with Crippen molar-refractivity contribution in [1.29, 1.82) is 0 Å². The van der Waals surface area contributed by atoms with Gasteiger partial charge in [0.2, 0.25) is 0 Å². The third-order valence-electron chi connectivity index (χ3n) is 8.94. The van der Waals surface area contributed by atoms with Crippen molar-refractivity contribution >= 4 is 17.9 Å². The average Bonchev–Trinajstić information content (AvgIpc) is 3.09. The molecule has 2 aliphatic heterocycles. The second kappa shape index (κ2) is 11.6. The zero-order valence-corrected chi connectivity index (χ0v) is 24.0. The van der Waals surface area contributed by atoms with Gasteiger partial charge in [-0.2, -0.15) is 0 Å². The lowest BCUT2D eigenvalue weighted by Gasteiger charge is -2.61. The number of carbonyl (C=O) groups excluding carboxylic acids is 3. The highest BCUT2D eigenvalue weighted by atomic mass is 16.7. The molecule has 0 spiro atoms. The van der Waals surface area contributed by atoms with Gasteiger partial charge in [-0.3, -0.25) is 4.79 Å². The molecule has 2 aromatic carbocycles. The minimum Gasteiger partial charge on any atom is -0.461 e. The summed E-state index contributed by atoms with van der Waals surface area (Å²) in [5, 5.41) is 42.9. The number of hydrogen-bond acceptors (Lipinski definition) is 12. The third-order valence-corrected chi connectivity index (χ3v) is 8.94. The Balaban J connectivity index is 1.40. The van der Waals surface area contributed by atoms with Gasteiger partial charge in [-0.25, -0.2) is 9.59 Å². The molecule has 0 radical (unpaired) electrons. The van der Waals surface area contributed by atoms with Gasteiger partial charge in [0.25, 0.3) is 0 Å². The highest BCUT2D eigenvalue weighted by Crippen LogP contribution is 2.68. The Hall–Kier alpha value is -3.39. The van der Waals surface area contributed by atoms with Crippen LogP contribution in [0.3, 0.4) is 0 Å². The van der Waals surface area contributed by atoms with E-state index in [1.807, 2.05) is 0 Å². The van der Waals surface area contributed by atoms with Crippen LogP contribution in [0.4, 0.5) is 0 Å². The van der Waals surface area contributed by atoms with Crippen LogP contribution in [0.5, 0.6) is 0 Å². The van der Waals surface area contributed by atoms with E-state index < -0.39 is 90.5 Å². The van der Waals surface area contributed by atoms with Gasteiger partial charge < -0.3 is 44.1 Å². The third kappa shape index (κ3) is 5.11. The molecule has 9 atom stereocenters. The van der Waals surface area contributed by atoms with E-state index in [2.05, 4.69) is 0 Å². The molecule has 3 fully saturated rings. The van der Waals surface area contributed by atoms with Gasteiger partial charge in [-0.05, 0) is 51.5 Å². The summed E-state index contributed by atoms with van der Waals surface area (Å²) in [7, 11) is 0. The van der Waals surface area contributed by atoms with Crippen LogP contribution in [-0.4, -0.2) is 99.6 Å². The van der Waals surface area contributed by atoms with Crippen molar-refractivity contribution in [1.82, 2.24) is 0 Å². The van der Waals surface area contributed by atoms with Gasteiger partial charge in [0.1, 0.15) is 54.2 Å². The molecular formula is C31H36O12. The Kier molecular flexibility index (Phi) is 8.38. The normalized spacial score (nSPS) is 35.2. The average molecular weight is 601 g/mol. The Labute approximate surface area is 248 Å². The summed E-state index contributed by atoms with van der Waals surface area (Å²) in [4.78, 5) is 39.0. The maximum atomic E-state index is 13.6. The number of fused-ring (bicyclic) bond motifs is 1. The minimum absolute atomic E-state index is 0.0468. The molecular weight excluding hydrogens is 564 g/mol. The molecule has 3 aliphatic rings. The molecule has 43 heavy (non-hydrogen) atoms. The van der Waals surface area contributed by atoms with Crippen molar-refractivity contribution in [3.8, 4) is 0 Å². The molecule has 2 saturated heterocycles. The van der Waals surface area contributed by atoms with Crippen LogP contribution < -0.4 is 0 Å². The molecule has 4 N–H and O–H groups in total. The van der Waals surface area contributed by atoms with Gasteiger partial charge >= 0.3 is 17.9 Å². The van der Waals surface area contributed by atoms with Gasteiger partial charge in [0.15, 0.2) is 6.29 Å². The number of hydrogen-bond donors (Lipinski definition) is 4. The number of cyclic esters (lactones) is 1. The van der Waals surface area contributed by atoms with Crippen molar-refractivity contribution in [2.24, 2.45) is 11.3 Å². The van der Waals surface area contributed by atoms with Crippen molar-refractivity contribution in [3.63, 3.8) is 0 Å². The number of benzene rings is 2. The summed E-state index contributed by atoms with van der Waals surface area (Å²) in [6.45, 7) is 3.68. The fraction of sp³-hybridized carbons (Fsp3) is 0.516. The first-order chi connectivity index (χ1) is 20.3. The molecule has 0 amide bonds. The van der Waals surface area contributed by atoms with Crippen molar-refractivity contribution in [2.75, 3.05) is 13.2 Å². The predicted octanol–water partition coefficient (Wildman–Crippen LogP) is 0.986. The molecule has 2 aromatic rings. The van der Waals surface area contributed by atoms with E-state index in [0.717, 1.165) is 0 Å². The summed E-state index contributed by atoms with van der Waals surface area (Å²) in [6, 6.07) is 16.3. The molecule has 1 saturated carbocycles. The van der Waals surface area contributed by atoms with Gasteiger partial charge in [0, 0.05) is 5.92 Å². The molecule has 232 valence electrons. The monoisotopic (exact) mass is 600 g/mol. The molecule has 12 nitrogen and oxygen atoms in total. The standard InChI is InChI=1S/C31H36O12/c1-17(32)20-14-31(29(2,3)43-28(38)30(20,31)16-40-26(37)19-12-8-5-9-13-19)42-27-24(35)23(34)22(33)21(41-27)15-39-25(36)18-10-6-4-7-11-18/h4-13,17,20-24,27,32-35H,14-16H2,1-3H3/t17-,20+,21-,22-,23+,24-,27+,30?,31+/m1/s1. The van der Waals surface area contributed by atoms with E-state index in [0.29, 0.717) is 0 Å². The lowest BCUT2D eigenvalue weighted by molar-refractivity contribution is -0.377. The summed E-state index contributed by atoms with van der Waals surface area (Å²) < 4.78 is 28.9. The van der Waals surface area contributed by atoms with E-state index in [1.54, 1.807) is 74.5 Å². The first-order valence-corrected chi connectivity index (χ1v) is 14.1. The lowest BCUT2D eigenvalue weighted by Crippen LogP contribution is -2.76. The summed E-state index contributed by atoms with van der Waals surface area (Å²) in [6.07, 6.45) is -9.14. The van der Waals surface area contributed by atoms with E-state index >= 15 is 0 Å². The van der Waals surface area contributed by atoms with Crippen LogP contribution in [0.15, 0.2) is 60.7 Å². The number of rotatable bonds is 9. The van der Waals surface area contributed by atoms with E-state index in [1.165, 1.54) is 6.92 Å². The topological polar surface area (TPSA) is 178 Å². The predicted molar refractivity (Wildman–Crippen MR) is 146 cm³/mol. The Bertz CT molecular complexity index is 1330. The summed E-state index contributed by atoms with van der Waals surface area (Å²) >= 11 is 0. The van der Waals surface area contributed by atoms with Crippen LogP contribution >= 0.6 is 0 Å². The molecule has 1 aliphatic carbocycles. The molecule has 0 bridgehead atoms. The highest BCUT2D eigenvalue weighted by Gasteiger charge is 2.84. The van der Waals surface area contributed by atoms with E-state index in [-0.39, 0.29) is 17.5 Å². The highest BCUT2D eigenvalue weighted by molar-refractivity contribution is 5.90. The fourth-order valence-electron chi connectivity index (χ4n) is 6.50. The second-order valence-electron chi connectivity index (χ2n) is 11.8. The second-order valence-corrected chi connectivity index (χ2v) is 11.8. The number of ether oxygens (including phenoxy) is 5. The number of esters is 3. The Morgan fingerprint density at radius 2 is 1.47 bits per heavy atom. The van der Waals surface area contributed by atoms with Crippen LogP contribution in [-0.2, 0) is 28.5 Å². The first kappa shape index (κ1) is 31.0. The quantitative estimate of drug-likeness (QED) is 0.237. The maximum Gasteiger partial charge on any atom is 0.338 e. The van der Waals surface area contributed by atoms with Gasteiger partial charge in [-0.1, -0.05) is 36.4 Å². The lowest BCUT2D eigenvalue weighted by atomic mass is 9.46. The zero-order chi connectivity index (χ0) is 31.2. The van der Waals surface area contributed by atoms with Crippen LogP contribution in [0.1, 0.15) is 47.9 Å². The minimum atomic E-state index is -1.79. The van der Waals surface area contributed by atoms with Gasteiger partial charge in [0.05, 0.1) is 17.2 Å². The Morgan fingerprint density at radius 3 is 2.02 bits per heavy atom. The molecule has 1 unspecified atom stereocenters. The van der Waals surface area contributed by atoms with E-state index in [9.17, 15) is 34.8 Å². The molecule has 2 heterocycles. The number of aliphatic hydroxyl groups is 4. The van der Waals surface area contributed by atoms with Crippen LogP contribution in [0.2, 0.25) is 0 Å². The maximum absolute atomic E-state index is 13.6. The van der Waals surface area contributed by atoms with E-state index in [4.69, 9.17) is 23.7 Å². The summed E-state index contributed by atoms with van der Waals surface area (Å²) in [5.41, 5.74) is -4.16. The van der Waals surface area contributed by atoms with Crippen LogP contribution in [0, 0.1) is 11.3 Å². The summed E-state index contributed by atoms with van der Waals surface area (Å²) in [5.74, 6) is -2.92. The first-order valence-electron chi connectivity index (χ1n) is 14.1. The van der Waals surface area contributed by atoms with Crippen molar-refractivity contribution < 1.29 is 58.5 Å². The number of carbonyl (C=O) groups is 3. The SMILES string of the molecule is C[C@@H](O)[C@@H]1C[C@]2(O[C@@H]3O[C@H](COC(=O)c4ccccc4)[C@@H](O)[C@H](O)[C@H]3O)C(C)(C)OC(=O)C12COC(=O)c1ccccc1. The number of aliphatic hydroxyl groups excluding tert-OH is 4. The zero-order valence-electron chi connectivity index (χ0n) is 24.0. The Morgan fingerprint density at radius 1 is 0.907 bits per heavy atom. The molecule has 12 heteroatoms. The van der Waals surface area contributed by atoms with Gasteiger partial charge in [-0.15, -0.1) is 0 Å².